The topological polar surface area (TPSA) is 43.1 Å². The molecule has 7 heavy (non-hydrogen) atoms. The van der Waals surface area contributed by atoms with E-state index in [1.54, 1.807) is 0 Å². The van der Waals surface area contributed by atoms with E-state index < -0.39 is 6.04 Å². The summed E-state index contributed by atoms with van der Waals surface area (Å²) >= 11 is 0. The third-order valence-electron chi connectivity index (χ3n) is 0.618. The minimum Gasteiger partial charge on any atom is -0.312 e. The molecule has 0 fully saturated rings. The molecule has 2 nitrogen and oxygen atoms in total. The summed E-state index contributed by atoms with van der Waals surface area (Å²) in [6.07, 6.45) is 4.78. The second kappa shape index (κ2) is 2.38. The zero-order valence-electron chi connectivity index (χ0n) is 4.14. The molecule has 2 N–H and O–H groups in total. The van der Waals surface area contributed by atoms with Gasteiger partial charge in [-0.05, 0) is 6.92 Å². The highest BCUT2D eigenvalue weighted by molar-refractivity contribution is 5.84. The summed E-state index contributed by atoms with van der Waals surface area (Å²) in [7, 11) is 0. The number of hydrogen-bond acceptors (Lipinski definition) is 2. The molecule has 0 aliphatic carbocycles. The van der Waals surface area contributed by atoms with Gasteiger partial charge < -0.3 is 5.73 Å². The second-order valence-corrected chi connectivity index (χ2v) is 1.25. The highest BCUT2D eigenvalue weighted by Gasteiger charge is 1.99. The normalized spacial score (nSPS) is 12.1. The van der Waals surface area contributed by atoms with Crippen LogP contribution in [-0.4, -0.2) is 11.8 Å². The maximum Gasteiger partial charge on any atom is 0.158 e. The van der Waals surface area contributed by atoms with E-state index in [-0.39, 0.29) is 5.78 Å². The van der Waals surface area contributed by atoms with Crippen molar-refractivity contribution in [1.29, 1.82) is 0 Å². The largest absolute Gasteiger partial charge is 0.312 e. The van der Waals surface area contributed by atoms with E-state index in [9.17, 15) is 4.79 Å². The van der Waals surface area contributed by atoms with Crippen LogP contribution in [-0.2, 0) is 4.79 Å². The molecular formula is C5H7NO. The molecule has 2 heteroatoms. The number of terminal acetylenes is 1. The van der Waals surface area contributed by atoms with Crippen LogP contribution in [0.3, 0.4) is 0 Å². The van der Waals surface area contributed by atoms with Crippen LogP contribution in [0.5, 0.6) is 0 Å². The summed E-state index contributed by atoms with van der Waals surface area (Å²) in [5.74, 6) is 1.93. The highest BCUT2D eigenvalue weighted by atomic mass is 16.1. The van der Waals surface area contributed by atoms with E-state index in [4.69, 9.17) is 12.2 Å². The summed E-state index contributed by atoms with van der Waals surface area (Å²) in [6.45, 7) is 1.37. The molecule has 0 saturated carbocycles. The first-order valence-corrected chi connectivity index (χ1v) is 1.90. The molecule has 1 atom stereocenters. The number of Topliss-reactive ketones (excluding diaryl/α,β-unsaturated/α-hetero) is 1. The van der Waals surface area contributed by atoms with Crippen LogP contribution < -0.4 is 5.73 Å². The average molecular weight is 97.1 g/mol. The van der Waals surface area contributed by atoms with Crippen molar-refractivity contribution in [2.45, 2.75) is 13.0 Å². The van der Waals surface area contributed by atoms with Gasteiger partial charge in [0.25, 0.3) is 0 Å². The molecule has 0 amide bonds. The van der Waals surface area contributed by atoms with E-state index >= 15 is 0 Å². The van der Waals surface area contributed by atoms with Crippen molar-refractivity contribution >= 4 is 5.78 Å². The first kappa shape index (κ1) is 6.19. The van der Waals surface area contributed by atoms with Gasteiger partial charge in [0, 0.05) is 0 Å². The summed E-state index contributed by atoms with van der Waals surface area (Å²) in [5.41, 5.74) is 5.03. The summed E-state index contributed by atoms with van der Waals surface area (Å²) in [5, 5.41) is 0. The molecule has 0 spiro atoms. The van der Waals surface area contributed by atoms with Crippen LogP contribution in [0.25, 0.3) is 0 Å². The monoisotopic (exact) mass is 97.1 g/mol. The van der Waals surface area contributed by atoms with Gasteiger partial charge in [0.1, 0.15) is 6.04 Å². The molecule has 0 radical (unpaired) electrons. The van der Waals surface area contributed by atoms with E-state index in [0.29, 0.717) is 0 Å². The molecule has 0 rings (SSSR count). The van der Waals surface area contributed by atoms with Crippen LogP contribution >= 0.6 is 0 Å². The van der Waals surface area contributed by atoms with Gasteiger partial charge in [0.2, 0.25) is 0 Å². The lowest BCUT2D eigenvalue weighted by Gasteiger charge is -1.91. The third kappa shape index (κ3) is 1.96. The third-order valence-corrected chi connectivity index (χ3v) is 0.618. The molecule has 0 saturated heterocycles. The number of hydrogen-bond donors (Lipinski definition) is 1. The molecule has 0 unspecified atom stereocenters. The Morgan fingerprint density at radius 3 is 2.43 bits per heavy atom. The Morgan fingerprint density at radius 1 is 2.00 bits per heavy atom. The molecular weight excluding hydrogens is 90.1 g/mol. The molecule has 38 valence electrons. The Labute approximate surface area is 42.7 Å². The second-order valence-electron chi connectivity index (χ2n) is 1.25. The highest BCUT2D eigenvalue weighted by Crippen LogP contribution is 1.73. The predicted octanol–water partition coefficient (Wildman–Crippen LogP) is -0.464. The van der Waals surface area contributed by atoms with Crippen molar-refractivity contribution in [2.24, 2.45) is 5.73 Å². The van der Waals surface area contributed by atoms with E-state index in [0.717, 1.165) is 0 Å². The molecule has 0 aromatic carbocycles. The smallest absolute Gasteiger partial charge is 0.158 e. The van der Waals surface area contributed by atoms with E-state index in [1.165, 1.54) is 6.92 Å². The van der Waals surface area contributed by atoms with Crippen molar-refractivity contribution in [3.8, 4) is 12.3 Å². The number of ketones is 1. The zero-order valence-corrected chi connectivity index (χ0v) is 4.14. The minimum atomic E-state index is -0.708. The lowest BCUT2D eigenvalue weighted by atomic mass is 10.2. The van der Waals surface area contributed by atoms with Crippen molar-refractivity contribution in [3.63, 3.8) is 0 Å². The predicted molar refractivity (Wildman–Crippen MR) is 27.5 cm³/mol. The number of carbonyl (C=O) groups is 1. The minimum absolute atomic E-state index is 0.164. The number of carbonyl (C=O) groups excluding carboxylic acids is 1. The lowest BCUT2D eigenvalue weighted by Crippen LogP contribution is -2.25. The SMILES string of the molecule is C#C[C@H](N)C(C)=O. The van der Waals surface area contributed by atoms with Crippen molar-refractivity contribution in [3.05, 3.63) is 0 Å². The first-order chi connectivity index (χ1) is 3.18. The molecule has 0 aromatic rings. The van der Waals surface area contributed by atoms with Crippen LogP contribution in [0, 0.1) is 12.3 Å². The zero-order chi connectivity index (χ0) is 5.86. The Hall–Kier alpha value is -0.810. The fraction of sp³-hybridized carbons (Fsp3) is 0.400. The van der Waals surface area contributed by atoms with Gasteiger partial charge in [0.15, 0.2) is 5.78 Å². The molecule has 0 aliphatic heterocycles. The van der Waals surface area contributed by atoms with Crippen molar-refractivity contribution in [1.82, 2.24) is 0 Å². The van der Waals surface area contributed by atoms with Gasteiger partial charge in [-0.3, -0.25) is 4.79 Å². The van der Waals surface area contributed by atoms with Crippen LogP contribution in [0.1, 0.15) is 6.92 Å². The van der Waals surface area contributed by atoms with Gasteiger partial charge >= 0.3 is 0 Å². The molecule has 0 aromatic heterocycles. The van der Waals surface area contributed by atoms with E-state index in [1.807, 2.05) is 0 Å². The summed E-state index contributed by atoms with van der Waals surface area (Å²) < 4.78 is 0. The van der Waals surface area contributed by atoms with Gasteiger partial charge in [-0.2, -0.15) is 0 Å². The fourth-order valence-corrected chi connectivity index (χ4v) is 0.117. The molecule has 0 heterocycles. The average Bonchev–Trinajstić information content (AvgIpc) is 1.65. The Morgan fingerprint density at radius 2 is 2.43 bits per heavy atom. The van der Waals surface area contributed by atoms with E-state index in [2.05, 4.69) is 5.92 Å². The number of nitrogens with two attached hydrogens (primary N) is 1. The lowest BCUT2D eigenvalue weighted by molar-refractivity contribution is -0.117. The van der Waals surface area contributed by atoms with Gasteiger partial charge in [0.05, 0.1) is 0 Å². The van der Waals surface area contributed by atoms with Gasteiger partial charge in [-0.25, -0.2) is 0 Å². The van der Waals surface area contributed by atoms with Crippen molar-refractivity contribution in [2.75, 3.05) is 0 Å². The van der Waals surface area contributed by atoms with Crippen LogP contribution in [0.4, 0.5) is 0 Å². The maximum absolute atomic E-state index is 10.1. The standard InChI is InChI=1S/C5H7NO/c1-3-5(6)4(2)7/h1,5H,6H2,2H3/t5-/m0/s1. The van der Waals surface area contributed by atoms with Gasteiger partial charge in [-0.15, -0.1) is 6.42 Å². The van der Waals surface area contributed by atoms with Crippen LogP contribution in [0.15, 0.2) is 0 Å². The molecule has 0 aliphatic rings. The Bertz CT molecular complexity index is 112. The van der Waals surface area contributed by atoms with Crippen LogP contribution in [0.2, 0.25) is 0 Å². The Balaban J connectivity index is 3.63. The maximum atomic E-state index is 10.1. The summed E-state index contributed by atoms with van der Waals surface area (Å²) in [4.78, 5) is 10.1. The number of rotatable bonds is 1. The van der Waals surface area contributed by atoms with Gasteiger partial charge in [-0.1, -0.05) is 5.92 Å². The fourth-order valence-electron chi connectivity index (χ4n) is 0.117. The first-order valence-electron chi connectivity index (χ1n) is 1.90. The molecule has 0 bridgehead atoms. The quantitative estimate of drug-likeness (QED) is 0.450. The van der Waals surface area contributed by atoms with Crippen molar-refractivity contribution < 1.29 is 4.79 Å². The Kier molecular flexibility index (Phi) is 2.10. The summed E-state index contributed by atoms with van der Waals surface area (Å²) in [6, 6.07) is -0.708.